The second-order valence-corrected chi connectivity index (χ2v) is 13.5. The van der Waals surface area contributed by atoms with E-state index in [0.29, 0.717) is 38.8 Å². The molecule has 3 fully saturated rings. The topological polar surface area (TPSA) is 153 Å². The van der Waals surface area contributed by atoms with E-state index in [1.165, 1.54) is 8.61 Å². The molecule has 0 radical (unpaired) electrons. The Morgan fingerprint density at radius 2 is 2.03 bits per heavy atom. The van der Waals surface area contributed by atoms with Gasteiger partial charge < -0.3 is 21.1 Å². The second kappa shape index (κ2) is 9.30. The fraction of sp³-hybridized carbons (Fsp3) is 1.00. The van der Waals surface area contributed by atoms with Crippen LogP contribution in [0.2, 0.25) is 6.32 Å². The van der Waals surface area contributed by atoms with Gasteiger partial charge in [-0.25, -0.2) is 8.42 Å². The highest BCUT2D eigenvalue weighted by Gasteiger charge is 2.48. The Labute approximate surface area is 180 Å². The molecule has 1 unspecified atom stereocenters. The molecular formula is C17H35BN4O6S2. The van der Waals surface area contributed by atoms with Crippen molar-refractivity contribution in [3.8, 4) is 0 Å². The van der Waals surface area contributed by atoms with Crippen LogP contribution in [0.4, 0.5) is 0 Å². The van der Waals surface area contributed by atoms with Crippen molar-refractivity contribution in [2.45, 2.75) is 50.5 Å². The number of nitrogens with one attached hydrogen (secondary N) is 1. The third kappa shape index (κ3) is 5.74. The molecule has 3 atom stereocenters. The fourth-order valence-electron chi connectivity index (χ4n) is 4.74. The zero-order chi connectivity index (χ0) is 22.2. The van der Waals surface area contributed by atoms with E-state index in [0.717, 1.165) is 0 Å². The number of rotatable bonds is 9. The summed E-state index contributed by atoms with van der Waals surface area (Å²) in [6.45, 7) is 3.66. The van der Waals surface area contributed by atoms with E-state index in [1.807, 2.05) is 6.92 Å². The minimum Gasteiger partial charge on any atom is -0.427 e. The van der Waals surface area contributed by atoms with E-state index < -0.39 is 32.7 Å². The van der Waals surface area contributed by atoms with E-state index in [9.17, 15) is 16.8 Å². The van der Waals surface area contributed by atoms with Crippen molar-refractivity contribution in [2.75, 3.05) is 44.2 Å². The molecule has 0 aromatic rings. The minimum atomic E-state index is -3.79. The van der Waals surface area contributed by atoms with Crippen LogP contribution >= 0.6 is 0 Å². The van der Waals surface area contributed by atoms with Crippen LogP contribution in [-0.2, 0) is 20.0 Å². The van der Waals surface area contributed by atoms with Crippen LogP contribution in [0.5, 0.6) is 0 Å². The molecular weight excluding hydrogens is 431 g/mol. The lowest BCUT2D eigenvalue weighted by Gasteiger charge is -2.41. The number of hydrogen-bond donors (Lipinski definition) is 4. The van der Waals surface area contributed by atoms with Gasteiger partial charge in [-0.05, 0) is 44.3 Å². The van der Waals surface area contributed by atoms with E-state index in [4.69, 9.17) is 15.8 Å². The Kier molecular flexibility index (Phi) is 7.55. The highest BCUT2D eigenvalue weighted by atomic mass is 32.2. The first kappa shape index (κ1) is 24.4. The Morgan fingerprint density at radius 1 is 1.33 bits per heavy atom. The summed E-state index contributed by atoms with van der Waals surface area (Å²) in [5.41, 5.74) is 5.72. The molecule has 3 aliphatic heterocycles. The molecule has 0 bridgehead atoms. The van der Waals surface area contributed by atoms with Crippen molar-refractivity contribution in [1.82, 2.24) is 13.9 Å². The summed E-state index contributed by atoms with van der Waals surface area (Å²) in [7, 11) is -8.27. The Balaban J connectivity index is 1.71. The summed E-state index contributed by atoms with van der Waals surface area (Å²) in [6.07, 6.45) is 2.69. The zero-order valence-corrected chi connectivity index (χ0v) is 19.2. The largest absolute Gasteiger partial charge is 0.451 e. The molecule has 3 saturated heterocycles. The minimum absolute atomic E-state index is 0.0416. The number of nitrogens with two attached hydrogens (primary N) is 1. The van der Waals surface area contributed by atoms with Gasteiger partial charge in [0.1, 0.15) is 0 Å². The molecule has 3 aliphatic rings. The summed E-state index contributed by atoms with van der Waals surface area (Å²) < 4.78 is 54.1. The fourth-order valence-corrected chi connectivity index (χ4v) is 8.54. The highest BCUT2D eigenvalue weighted by molar-refractivity contribution is 7.91. The Bertz CT molecular complexity index is 803. The lowest BCUT2D eigenvalue weighted by molar-refractivity contribution is 0.202. The van der Waals surface area contributed by atoms with Gasteiger partial charge >= 0.3 is 7.12 Å². The monoisotopic (exact) mass is 466 g/mol. The molecule has 13 heteroatoms. The van der Waals surface area contributed by atoms with Crippen LogP contribution in [-0.4, -0.2) is 98.4 Å². The maximum atomic E-state index is 13.6. The van der Waals surface area contributed by atoms with Gasteiger partial charge in [0.2, 0.25) is 0 Å². The van der Waals surface area contributed by atoms with Crippen molar-refractivity contribution in [1.29, 1.82) is 0 Å². The van der Waals surface area contributed by atoms with E-state index in [1.54, 1.807) is 0 Å². The van der Waals surface area contributed by atoms with Crippen molar-refractivity contribution in [3.05, 3.63) is 0 Å². The third-order valence-corrected chi connectivity index (χ3v) is 10.5. The number of sulfone groups is 1. The Hall–Kier alpha value is -0.275. The van der Waals surface area contributed by atoms with Crippen LogP contribution in [0.15, 0.2) is 0 Å². The standard InChI is InChI=1S/C17H35BN4O6S2/c1-17(19)13-21(11-15(17)5-2-6-18(23)24)30(27,28)22(16-8-20-9-16)10-14-4-3-7-29(25,26)12-14/h14-16,20,23-24H,2-13,19H2,1H3/t14?,15-,17-/m0/s1. The molecule has 0 spiro atoms. The second-order valence-electron chi connectivity index (χ2n) is 9.42. The van der Waals surface area contributed by atoms with Gasteiger partial charge in [-0.2, -0.15) is 17.0 Å². The van der Waals surface area contributed by atoms with Gasteiger partial charge in [-0.1, -0.05) is 6.42 Å². The number of nitrogens with zero attached hydrogens (tertiary/aromatic N) is 2. The quantitative estimate of drug-likeness (QED) is 0.291. The zero-order valence-electron chi connectivity index (χ0n) is 17.6. The molecule has 0 aliphatic carbocycles. The van der Waals surface area contributed by atoms with Crippen molar-refractivity contribution in [2.24, 2.45) is 17.6 Å². The average molecular weight is 466 g/mol. The SMILES string of the molecule is C[C@]1(N)CN(S(=O)(=O)N(CC2CCCS(=O)(=O)C2)C2CNC2)C[C@@H]1CCCB(O)O. The highest BCUT2D eigenvalue weighted by Crippen LogP contribution is 2.33. The Morgan fingerprint density at radius 3 is 2.60 bits per heavy atom. The van der Waals surface area contributed by atoms with Gasteiger partial charge in [0.25, 0.3) is 10.2 Å². The summed E-state index contributed by atoms with van der Waals surface area (Å²) in [6, 6.07) is -0.174. The summed E-state index contributed by atoms with van der Waals surface area (Å²) in [5.74, 6) is -0.0431. The molecule has 10 nitrogen and oxygen atoms in total. The lowest BCUT2D eigenvalue weighted by Crippen LogP contribution is -2.62. The molecule has 0 aromatic carbocycles. The molecule has 5 N–H and O–H groups in total. The van der Waals surface area contributed by atoms with Gasteiger partial charge in [0.15, 0.2) is 9.84 Å². The van der Waals surface area contributed by atoms with Crippen LogP contribution < -0.4 is 11.1 Å². The molecule has 0 saturated carbocycles. The van der Waals surface area contributed by atoms with E-state index in [-0.39, 0.29) is 55.3 Å². The summed E-state index contributed by atoms with van der Waals surface area (Å²) in [5, 5.41) is 21.2. The van der Waals surface area contributed by atoms with Crippen LogP contribution in [0.3, 0.4) is 0 Å². The normalized spacial score (nSPS) is 33.0. The van der Waals surface area contributed by atoms with Crippen LogP contribution in [0.25, 0.3) is 0 Å². The summed E-state index contributed by atoms with van der Waals surface area (Å²) in [4.78, 5) is 0. The maximum Gasteiger partial charge on any atom is 0.451 e. The number of hydrogen-bond acceptors (Lipinski definition) is 8. The summed E-state index contributed by atoms with van der Waals surface area (Å²) >= 11 is 0. The van der Waals surface area contributed by atoms with Gasteiger partial charge in [0, 0.05) is 38.3 Å². The average Bonchev–Trinajstić information content (AvgIpc) is 2.87. The first-order valence-corrected chi connectivity index (χ1v) is 14.0. The van der Waals surface area contributed by atoms with Crippen molar-refractivity contribution >= 4 is 27.2 Å². The molecule has 0 amide bonds. The third-order valence-electron chi connectivity index (χ3n) is 6.67. The molecule has 0 aromatic heterocycles. The van der Waals surface area contributed by atoms with Crippen LogP contribution in [0.1, 0.15) is 32.6 Å². The van der Waals surface area contributed by atoms with Crippen molar-refractivity contribution in [3.63, 3.8) is 0 Å². The first-order valence-electron chi connectivity index (χ1n) is 10.7. The van der Waals surface area contributed by atoms with Crippen LogP contribution in [0, 0.1) is 11.8 Å². The first-order chi connectivity index (χ1) is 13.9. The van der Waals surface area contributed by atoms with Crippen molar-refractivity contribution < 1.29 is 26.9 Å². The van der Waals surface area contributed by atoms with Gasteiger partial charge in [-0.15, -0.1) is 0 Å². The maximum absolute atomic E-state index is 13.6. The predicted octanol–water partition coefficient (Wildman–Crippen LogP) is -1.77. The van der Waals surface area contributed by atoms with Gasteiger partial charge in [0.05, 0.1) is 17.5 Å². The van der Waals surface area contributed by atoms with Gasteiger partial charge in [-0.3, -0.25) is 0 Å². The smallest absolute Gasteiger partial charge is 0.427 e. The molecule has 30 heavy (non-hydrogen) atoms. The molecule has 174 valence electrons. The predicted molar refractivity (Wildman–Crippen MR) is 116 cm³/mol. The molecule has 3 heterocycles. The lowest BCUT2D eigenvalue weighted by atomic mass is 9.79. The van der Waals surface area contributed by atoms with E-state index >= 15 is 0 Å². The molecule has 3 rings (SSSR count). The van der Waals surface area contributed by atoms with E-state index in [2.05, 4.69) is 5.32 Å².